The van der Waals surface area contributed by atoms with Gasteiger partial charge in [-0.2, -0.15) is 0 Å². The number of hydrogen-bond donors (Lipinski definition) is 1. The Labute approximate surface area is 157 Å². The quantitative estimate of drug-likeness (QED) is 0.787. The average molecular weight is 393 g/mol. The van der Waals surface area contributed by atoms with Crippen molar-refractivity contribution >= 4 is 21.9 Å². The molecule has 27 heavy (non-hydrogen) atoms. The summed E-state index contributed by atoms with van der Waals surface area (Å²) in [5, 5.41) is 0. The first-order valence-electron chi connectivity index (χ1n) is 8.08. The molecule has 2 rings (SSSR count). The molecule has 0 aromatic heterocycles. The number of benzene rings is 2. The van der Waals surface area contributed by atoms with Crippen molar-refractivity contribution < 1.29 is 27.1 Å². The third-order valence-electron chi connectivity index (χ3n) is 3.29. The fraction of sp³-hybridized carbons (Fsp3) is 0.263. The Morgan fingerprint density at radius 2 is 1.67 bits per heavy atom. The molecule has 0 bridgehead atoms. The van der Waals surface area contributed by atoms with Crippen LogP contribution in [0.2, 0.25) is 0 Å². The van der Waals surface area contributed by atoms with Crippen molar-refractivity contribution in [1.82, 2.24) is 4.72 Å². The summed E-state index contributed by atoms with van der Waals surface area (Å²) in [5.74, 6) is -1.33. The largest absolute Gasteiger partial charge is 0.443 e. The number of nitrogens with one attached hydrogen (secondary N) is 1. The van der Waals surface area contributed by atoms with Crippen LogP contribution in [0.25, 0.3) is 0 Å². The van der Waals surface area contributed by atoms with Crippen molar-refractivity contribution in [3.63, 3.8) is 0 Å². The Morgan fingerprint density at radius 1 is 1.04 bits per heavy atom. The lowest BCUT2D eigenvalue weighted by molar-refractivity contribution is 0.0570. The molecule has 0 aliphatic carbocycles. The lowest BCUT2D eigenvalue weighted by Crippen LogP contribution is -2.36. The van der Waals surface area contributed by atoms with Gasteiger partial charge in [-0.1, -0.05) is 18.2 Å². The highest BCUT2D eigenvalue weighted by Gasteiger charge is 2.22. The first-order valence-corrected chi connectivity index (χ1v) is 9.73. The van der Waals surface area contributed by atoms with Crippen molar-refractivity contribution in [2.45, 2.75) is 32.1 Å². The van der Waals surface area contributed by atoms with E-state index in [1.807, 2.05) is 4.72 Å². The van der Waals surface area contributed by atoms with Crippen molar-refractivity contribution in [3.8, 4) is 0 Å². The number of hydrogen-bond acceptors (Lipinski definition) is 5. The van der Waals surface area contributed by atoms with Crippen LogP contribution in [-0.2, 0) is 20.5 Å². The second kappa shape index (κ2) is 7.87. The van der Waals surface area contributed by atoms with E-state index in [-0.39, 0.29) is 16.9 Å². The van der Waals surface area contributed by atoms with Gasteiger partial charge in [-0.25, -0.2) is 22.3 Å². The van der Waals surface area contributed by atoms with Crippen molar-refractivity contribution in [2.75, 3.05) is 0 Å². The fourth-order valence-electron chi connectivity index (χ4n) is 2.25. The maximum atomic E-state index is 13.0. The molecule has 0 heterocycles. The predicted octanol–water partition coefficient (Wildman–Crippen LogP) is 3.41. The summed E-state index contributed by atoms with van der Waals surface area (Å²) < 4.78 is 44.0. The monoisotopic (exact) mass is 393 g/mol. The SMILES string of the molecule is CC(C)(C)OC(=O)NS(=O)(=O)Cc1cccc(C(=O)c2ccc(F)cc2)c1. The van der Waals surface area contributed by atoms with Crippen LogP contribution in [0.15, 0.2) is 48.5 Å². The molecular formula is C19H20FNO5S. The zero-order chi connectivity index (χ0) is 20.2. The van der Waals surface area contributed by atoms with Crippen molar-refractivity contribution in [2.24, 2.45) is 0 Å². The molecule has 0 aliphatic rings. The highest BCUT2D eigenvalue weighted by molar-refractivity contribution is 7.89. The maximum Gasteiger partial charge on any atom is 0.421 e. The zero-order valence-electron chi connectivity index (χ0n) is 15.2. The predicted molar refractivity (Wildman–Crippen MR) is 98.3 cm³/mol. The Balaban J connectivity index is 2.14. The van der Waals surface area contributed by atoms with Gasteiger partial charge < -0.3 is 4.74 Å². The minimum absolute atomic E-state index is 0.256. The fourth-order valence-corrected chi connectivity index (χ4v) is 3.24. The maximum absolute atomic E-state index is 13.0. The van der Waals surface area contributed by atoms with Gasteiger partial charge in [0.05, 0.1) is 5.75 Å². The highest BCUT2D eigenvalue weighted by Crippen LogP contribution is 2.15. The molecule has 0 unspecified atom stereocenters. The molecule has 0 aliphatic heterocycles. The lowest BCUT2D eigenvalue weighted by atomic mass is 10.0. The molecule has 144 valence electrons. The third kappa shape index (κ3) is 6.49. The molecule has 0 fully saturated rings. The second-order valence-electron chi connectivity index (χ2n) is 6.90. The van der Waals surface area contributed by atoms with Gasteiger partial charge in [0.15, 0.2) is 5.78 Å². The second-order valence-corrected chi connectivity index (χ2v) is 8.62. The van der Waals surface area contributed by atoms with Crippen LogP contribution in [0.4, 0.5) is 9.18 Å². The van der Waals surface area contributed by atoms with Crippen LogP contribution in [-0.4, -0.2) is 25.9 Å². The Bertz CT molecular complexity index is 947. The smallest absolute Gasteiger partial charge is 0.421 e. The molecule has 0 saturated carbocycles. The number of halogens is 1. The molecular weight excluding hydrogens is 373 g/mol. The number of rotatable bonds is 5. The number of ether oxygens (including phenoxy) is 1. The molecule has 0 atom stereocenters. The zero-order valence-corrected chi connectivity index (χ0v) is 16.0. The summed E-state index contributed by atoms with van der Waals surface area (Å²) in [6.45, 7) is 4.84. The normalized spacial score (nSPS) is 11.7. The van der Waals surface area contributed by atoms with Gasteiger partial charge >= 0.3 is 6.09 Å². The van der Waals surface area contributed by atoms with Gasteiger partial charge in [0.25, 0.3) is 0 Å². The third-order valence-corrected chi connectivity index (χ3v) is 4.48. The Kier molecular flexibility index (Phi) is 6.00. The van der Waals surface area contributed by atoms with E-state index in [9.17, 15) is 22.4 Å². The number of carbonyl (C=O) groups is 2. The Morgan fingerprint density at radius 3 is 2.26 bits per heavy atom. The molecule has 8 heteroatoms. The van der Waals surface area contributed by atoms with Gasteiger partial charge in [-0.05, 0) is 56.7 Å². The topological polar surface area (TPSA) is 89.5 Å². The van der Waals surface area contributed by atoms with E-state index in [0.717, 1.165) is 0 Å². The van der Waals surface area contributed by atoms with Gasteiger partial charge in [-0.15, -0.1) is 0 Å². The molecule has 0 spiro atoms. The van der Waals surface area contributed by atoms with Crippen LogP contribution in [0.1, 0.15) is 42.3 Å². The first kappa shape index (κ1) is 20.6. The number of sulfonamides is 1. The van der Waals surface area contributed by atoms with E-state index < -0.39 is 33.3 Å². The van der Waals surface area contributed by atoms with Gasteiger partial charge in [0.1, 0.15) is 11.4 Å². The minimum Gasteiger partial charge on any atom is -0.443 e. The average Bonchev–Trinajstić information content (AvgIpc) is 2.52. The summed E-state index contributed by atoms with van der Waals surface area (Å²) in [5.41, 5.74) is 0.0232. The number of ketones is 1. The van der Waals surface area contributed by atoms with Gasteiger partial charge in [0.2, 0.25) is 10.0 Å². The summed E-state index contributed by atoms with van der Waals surface area (Å²) in [7, 11) is -4.00. The molecule has 1 N–H and O–H groups in total. The number of carbonyl (C=O) groups excluding carboxylic acids is 2. The van der Waals surface area contributed by atoms with Crippen LogP contribution >= 0.6 is 0 Å². The van der Waals surface area contributed by atoms with Crippen molar-refractivity contribution in [1.29, 1.82) is 0 Å². The summed E-state index contributed by atoms with van der Waals surface area (Å²) in [6, 6.07) is 11.1. The minimum atomic E-state index is -4.00. The summed E-state index contributed by atoms with van der Waals surface area (Å²) in [6.07, 6.45) is -1.07. The summed E-state index contributed by atoms with van der Waals surface area (Å²) >= 11 is 0. The molecule has 2 aromatic carbocycles. The standard InChI is InChI=1S/C19H20FNO5S/c1-19(2,3)26-18(23)21-27(24,25)12-13-5-4-6-15(11-13)17(22)14-7-9-16(20)10-8-14/h4-11H,12H2,1-3H3,(H,21,23). The molecule has 0 radical (unpaired) electrons. The van der Waals surface area contributed by atoms with E-state index >= 15 is 0 Å². The van der Waals surface area contributed by atoms with Crippen LogP contribution < -0.4 is 4.72 Å². The van der Waals surface area contributed by atoms with E-state index in [1.54, 1.807) is 20.8 Å². The van der Waals surface area contributed by atoms with Crippen LogP contribution in [0.5, 0.6) is 0 Å². The summed E-state index contributed by atoms with van der Waals surface area (Å²) in [4.78, 5) is 24.1. The highest BCUT2D eigenvalue weighted by atomic mass is 32.2. The van der Waals surface area contributed by atoms with Gasteiger partial charge in [-0.3, -0.25) is 4.79 Å². The van der Waals surface area contributed by atoms with E-state index in [4.69, 9.17) is 4.74 Å². The van der Waals surface area contributed by atoms with E-state index in [2.05, 4.69) is 0 Å². The van der Waals surface area contributed by atoms with Crippen LogP contribution in [0.3, 0.4) is 0 Å². The Hall–Kier alpha value is -2.74. The van der Waals surface area contributed by atoms with E-state index in [0.29, 0.717) is 5.56 Å². The lowest BCUT2D eigenvalue weighted by Gasteiger charge is -2.19. The molecule has 2 aromatic rings. The first-order chi connectivity index (χ1) is 12.5. The van der Waals surface area contributed by atoms with Crippen LogP contribution in [0, 0.1) is 5.82 Å². The van der Waals surface area contributed by atoms with Gasteiger partial charge in [0, 0.05) is 11.1 Å². The molecule has 1 amide bonds. The van der Waals surface area contributed by atoms with E-state index in [1.165, 1.54) is 48.5 Å². The number of amides is 1. The molecule has 6 nitrogen and oxygen atoms in total. The molecule has 0 saturated heterocycles. The van der Waals surface area contributed by atoms with Crippen molar-refractivity contribution in [3.05, 3.63) is 71.0 Å².